The van der Waals surface area contributed by atoms with Crippen LogP contribution < -0.4 is 5.32 Å². The van der Waals surface area contributed by atoms with Crippen LogP contribution in [-0.2, 0) is 19.4 Å². The van der Waals surface area contributed by atoms with E-state index < -0.39 is 33.3 Å². The van der Waals surface area contributed by atoms with Gasteiger partial charge in [0.2, 0.25) is 5.91 Å². The van der Waals surface area contributed by atoms with Gasteiger partial charge in [-0.2, -0.15) is 13.2 Å². The summed E-state index contributed by atoms with van der Waals surface area (Å²) < 4.78 is 65.8. The number of aryl methyl sites for hydroxylation is 2. The molecule has 1 fully saturated rings. The Kier molecular flexibility index (Phi) is 6.57. The largest absolute Gasteiger partial charge is 0.411 e. The maximum Gasteiger partial charge on any atom is 0.411 e. The van der Waals surface area contributed by atoms with Crippen molar-refractivity contribution in [3.8, 4) is 0 Å². The van der Waals surface area contributed by atoms with Crippen LogP contribution in [0.15, 0.2) is 23.1 Å². The van der Waals surface area contributed by atoms with Gasteiger partial charge in [0.15, 0.2) is 14.6 Å². The number of carbonyl (C=O) groups excluding carboxylic acids is 1. The van der Waals surface area contributed by atoms with Gasteiger partial charge >= 0.3 is 6.18 Å². The number of ether oxygens (including phenoxy) is 1. The molecule has 9 heteroatoms. The Labute approximate surface area is 157 Å². The van der Waals surface area contributed by atoms with Gasteiger partial charge < -0.3 is 10.1 Å². The summed E-state index contributed by atoms with van der Waals surface area (Å²) in [5.41, 5.74) is 1.33. The molecule has 0 bridgehead atoms. The van der Waals surface area contributed by atoms with Gasteiger partial charge in [-0.3, -0.25) is 4.79 Å². The summed E-state index contributed by atoms with van der Waals surface area (Å²) in [6.07, 6.45) is -2.86. The fraction of sp³-hybridized carbons (Fsp3) is 0.611. The average molecular weight is 407 g/mol. The van der Waals surface area contributed by atoms with Gasteiger partial charge in [0.05, 0.1) is 11.5 Å². The van der Waals surface area contributed by atoms with Gasteiger partial charge in [-0.15, -0.1) is 0 Å². The Morgan fingerprint density at radius 1 is 1.22 bits per heavy atom. The van der Waals surface area contributed by atoms with Crippen LogP contribution in [0.1, 0.15) is 36.8 Å². The van der Waals surface area contributed by atoms with Gasteiger partial charge in [0.1, 0.15) is 6.61 Å². The predicted octanol–water partition coefficient (Wildman–Crippen LogP) is 3.09. The Bertz CT molecular complexity index is 784. The molecule has 0 aliphatic heterocycles. The van der Waals surface area contributed by atoms with Gasteiger partial charge in [-0.25, -0.2) is 8.42 Å². The first-order chi connectivity index (χ1) is 12.5. The van der Waals surface area contributed by atoms with Gasteiger partial charge in [0.25, 0.3) is 0 Å². The summed E-state index contributed by atoms with van der Waals surface area (Å²) in [5.74, 6) is -0.670. The number of benzene rings is 1. The fourth-order valence-corrected chi connectivity index (χ4v) is 5.75. The lowest BCUT2D eigenvalue weighted by atomic mass is 10.1. The van der Waals surface area contributed by atoms with E-state index in [1.165, 1.54) is 0 Å². The number of amides is 1. The highest BCUT2D eigenvalue weighted by Crippen LogP contribution is 2.41. The van der Waals surface area contributed by atoms with E-state index in [9.17, 15) is 26.4 Å². The second kappa shape index (κ2) is 8.18. The van der Waals surface area contributed by atoms with Crippen molar-refractivity contribution < 1.29 is 31.1 Å². The van der Waals surface area contributed by atoms with Crippen LogP contribution in [0.3, 0.4) is 0 Å². The molecule has 0 saturated heterocycles. The highest BCUT2D eigenvalue weighted by molar-refractivity contribution is 7.93. The van der Waals surface area contributed by atoms with E-state index in [4.69, 9.17) is 0 Å². The minimum Gasteiger partial charge on any atom is -0.370 e. The van der Waals surface area contributed by atoms with Crippen LogP contribution >= 0.6 is 0 Å². The third-order valence-electron chi connectivity index (χ3n) is 4.77. The summed E-state index contributed by atoms with van der Waals surface area (Å²) in [6.45, 7) is 1.52. The van der Waals surface area contributed by atoms with E-state index in [0.29, 0.717) is 18.4 Å². The Hall–Kier alpha value is -1.61. The van der Waals surface area contributed by atoms with Gasteiger partial charge in [-0.05, 0) is 43.9 Å². The zero-order valence-electron chi connectivity index (χ0n) is 15.4. The number of halogens is 3. The normalized spacial score (nSPS) is 17.1. The average Bonchev–Trinajstić information content (AvgIpc) is 3.07. The van der Waals surface area contributed by atoms with Crippen LogP contribution in [-0.4, -0.2) is 45.0 Å². The molecule has 1 aliphatic rings. The third-order valence-corrected chi connectivity index (χ3v) is 7.41. The number of carbonyl (C=O) groups is 1. The molecule has 1 amide bonds. The van der Waals surface area contributed by atoms with Crippen LogP contribution in [0.5, 0.6) is 0 Å². The van der Waals surface area contributed by atoms with E-state index >= 15 is 0 Å². The quantitative estimate of drug-likeness (QED) is 0.705. The maximum atomic E-state index is 13.4. The van der Waals surface area contributed by atoms with Crippen LogP contribution in [0.25, 0.3) is 0 Å². The number of nitrogens with one attached hydrogen (secondary N) is 1. The molecule has 0 aromatic heterocycles. The first kappa shape index (κ1) is 21.7. The standard InChI is InChI=1S/C18H24F3NO4S/c1-13-5-6-14(2)15(11-13)27(24,25)17(7-3-4-8-17)16(23)22-9-10-26-12-18(19,20)21/h5-6,11H,3-4,7-10,12H2,1-2H3,(H,22,23). The molecular weight excluding hydrogens is 383 g/mol. The lowest BCUT2D eigenvalue weighted by molar-refractivity contribution is -0.173. The topological polar surface area (TPSA) is 72.5 Å². The summed E-state index contributed by atoms with van der Waals surface area (Å²) in [5, 5.41) is 2.45. The fourth-order valence-electron chi connectivity index (χ4n) is 3.36. The van der Waals surface area contributed by atoms with E-state index in [2.05, 4.69) is 10.1 Å². The number of hydrogen-bond acceptors (Lipinski definition) is 4. The van der Waals surface area contributed by atoms with Crippen molar-refractivity contribution in [3.63, 3.8) is 0 Å². The molecule has 1 aromatic carbocycles. The summed E-state index contributed by atoms with van der Waals surface area (Å²) in [6, 6.07) is 5.06. The molecule has 1 N–H and O–H groups in total. The van der Waals surface area contributed by atoms with Crippen molar-refractivity contribution >= 4 is 15.7 Å². The van der Waals surface area contributed by atoms with Gasteiger partial charge in [0, 0.05) is 6.54 Å². The molecule has 27 heavy (non-hydrogen) atoms. The van der Waals surface area contributed by atoms with Gasteiger partial charge in [-0.1, -0.05) is 25.0 Å². The van der Waals surface area contributed by atoms with Crippen molar-refractivity contribution in [1.82, 2.24) is 5.32 Å². The monoisotopic (exact) mass is 407 g/mol. The van der Waals surface area contributed by atoms with Crippen molar-refractivity contribution in [2.45, 2.75) is 55.3 Å². The van der Waals surface area contributed by atoms with Crippen molar-refractivity contribution in [1.29, 1.82) is 0 Å². The van der Waals surface area contributed by atoms with E-state index in [0.717, 1.165) is 5.56 Å². The molecule has 1 aromatic rings. The second-order valence-electron chi connectivity index (χ2n) is 6.90. The first-order valence-electron chi connectivity index (χ1n) is 8.74. The highest BCUT2D eigenvalue weighted by atomic mass is 32.2. The maximum absolute atomic E-state index is 13.4. The molecule has 0 heterocycles. The minimum absolute atomic E-state index is 0.132. The Morgan fingerprint density at radius 2 is 1.85 bits per heavy atom. The smallest absolute Gasteiger partial charge is 0.370 e. The van der Waals surface area contributed by atoms with E-state index in [-0.39, 0.29) is 30.9 Å². The lowest BCUT2D eigenvalue weighted by Gasteiger charge is -2.28. The molecule has 1 aliphatic carbocycles. The lowest BCUT2D eigenvalue weighted by Crippen LogP contribution is -2.51. The number of alkyl halides is 3. The van der Waals surface area contributed by atoms with E-state index in [1.807, 2.05) is 0 Å². The molecule has 1 saturated carbocycles. The van der Waals surface area contributed by atoms with Crippen molar-refractivity contribution in [2.24, 2.45) is 0 Å². The van der Waals surface area contributed by atoms with Crippen molar-refractivity contribution in [2.75, 3.05) is 19.8 Å². The Balaban J connectivity index is 2.17. The van der Waals surface area contributed by atoms with Crippen LogP contribution in [0, 0.1) is 13.8 Å². The molecule has 2 rings (SSSR count). The zero-order chi connectivity index (χ0) is 20.3. The summed E-state index contributed by atoms with van der Waals surface area (Å²) >= 11 is 0. The summed E-state index contributed by atoms with van der Waals surface area (Å²) in [4.78, 5) is 12.9. The molecular formula is C18H24F3NO4S. The Morgan fingerprint density at radius 3 is 2.44 bits per heavy atom. The molecule has 0 atom stereocenters. The number of sulfone groups is 1. The SMILES string of the molecule is Cc1ccc(C)c(S(=O)(=O)C2(C(=O)NCCOCC(F)(F)F)CCCC2)c1. The minimum atomic E-state index is -4.44. The van der Waals surface area contributed by atoms with Crippen LogP contribution in [0.4, 0.5) is 13.2 Å². The molecule has 152 valence electrons. The zero-order valence-corrected chi connectivity index (χ0v) is 16.2. The van der Waals surface area contributed by atoms with Crippen molar-refractivity contribution in [3.05, 3.63) is 29.3 Å². The third kappa shape index (κ3) is 4.82. The highest BCUT2D eigenvalue weighted by Gasteiger charge is 2.53. The predicted molar refractivity (Wildman–Crippen MR) is 94.2 cm³/mol. The van der Waals surface area contributed by atoms with Crippen LogP contribution in [0.2, 0.25) is 0 Å². The second-order valence-corrected chi connectivity index (χ2v) is 9.13. The van der Waals surface area contributed by atoms with E-state index in [1.54, 1.807) is 32.0 Å². The molecule has 0 spiro atoms. The molecule has 5 nitrogen and oxygen atoms in total. The molecule has 0 radical (unpaired) electrons. The molecule has 0 unspecified atom stereocenters. The first-order valence-corrected chi connectivity index (χ1v) is 10.2. The number of rotatable bonds is 7. The number of hydrogen-bond donors (Lipinski definition) is 1. The summed E-state index contributed by atoms with van der Waals surface area (Å²) in [7, 11) is -3.95.